The van der Waals surface area contributed by atoms with Gasteiger partial charge in [0.25, 0.3) is 0 Å². The van der Waals surface area contributed by atoms with E-state index in [0.717, 1.165) is 47.2 Å². The Hall–Kier alpha value is -2.94. The molecule has 35 heavy (non-hydrogen) atoms. The van der Waals surface area contributed by atoms with E-state index >= 15 is 0 Å². The van der Waals surface area contributed by atoms with Gasteiger partial charge in [-0.3, -0.25) is 4.98 Å². The predicted molar refractivity (Wildman–Crippen MR) is 135 cm³/mol. The molecular weight excluding hydrogens is 468 g/mol. The minimum atomic E-state index is -4.01. The van der Waals surface area contributed by atoms with Crippen LogP contribution in [0, 0.1) is 25.2 Å². The van der Waals surface area contributed by atoms with Gasteiger partial charge in [-0.1, -0.05) is 0 Å². The van der Waals surface area contributed by atoms with Gasteiger partial charge in [-0.25, -0.2) is 9.52 Å². The summed E-state index contributed by atoms with van der Waals surface area (Å²) < 4.78 is 33.5. The molecule has 1 aromatic heterocycles. The SMILES string of the molecule is Cc1cc2ncc(C#N)c(N3CCCN(CCNS(=O)(=O)NC(=O)OC(C)(C)C)CC3)c2cc1C. The van der Waals surface area contributed by atoms with Gasteiger partial charge in [0.15, 0.2) is 0 Å². The van der Waals surface area contributed by atoms with Gasteiger partial charge >= 0.3 is 16.3 Å². The summed E-state index contributed by atoms with van der Waals surface area (Å²) in [4.78, 5) is 20.6. The van der Waals surface area contributed by atoms with Crippen LogP contribution in [0.5, 0.6) is 0 Å². The van der Waals surface area contributed by atoms with Crippen molar-refractivity contribution in [3.05, 3.63) is 35.0 Å². The quantitative estimate of drug-likeness (QED) is 0.617. The fourth-order valence-electron chi connectivity index (χ4n) is 4.06. The number of fused-ring (bicyclic) bond motifs is 1. The van der Waals surface area contributed by atoms with E-state index < -0.39 is 21.9 Å². The third kappa shape index (κ3) is 7.27. The first-order chi connectivity index (χ1) is 16.4. The van der Waals surface area contributed by atoms with E-state index in [9.17, 15) is 18.5 Å². The molecular formula is C24H34N6O4S. The molecule has 0 unspecified atom stereocenters. The van der Waals surface area contributed by atoms with E-state index in [2.05, 4.69) is 51.6 Å². The monoisotopic (exact) mass is 502 g/mol. The molecule has 0 aliphatic carbocycles. The van der Waals surface area contributed by atoms with Crippen molar-refractivity contribution in [2.45, 2.75) is 46.6 Å². The number of anilines is 1. The van der Waals surface area contributed by atoms with Crippen LogP contribution in [0.25, 0.3) is 10.9 Å². The zero-order valence-corrected chi connectivity index (χ0v) is 21.8. The lowest BCUT2D eigenvalue weighted by molar-refractivity contribution is 0.0569. The second-order valence-corrected chi connectivity index (χ2v) is 11.3. The van der Waals surface area contributed by atoms with Crippen LogP contribution in [0.15, 0.2) is 18.3 Å². The number of benzene rings is 1. The van der Waals surface area contributed by atoms with Crippen molar-refractivity contribution in [3.8, 4) is 6.07 Å². The van der Waals surface area contributed by atoms with Crippen LogP contribution in [0.4, 0.5) is 10.5 Å². The topological polar surface area (TPSA) is 128 Å². The van der Waals surface area contributed by atoms with E-state index in [1.54, 1.807) is 27.0 Å². The molecule has 1 amide bonds. The van der Waals surface area contributed by atoms with Crippen LogP contribution < -0.4 is 14.3 Å². The molecule has 1 fully saturated rings. The summed E-state index contributed by atoms with van der Waals surface area (Å²) in [7, 11) is -4.01. The maximum absolute atomic E-state index is 12.1. The third-order valence-corrected chi connectivity index (χ3v) is 6.84. The summed E-state index contributed by atoms with van der Waals surface area (Å²) in [6.45, 7) is 12.7. The highest BCUT2D eigenvalue weighted by atomic mass is 32.2. The fourth-order valence-corrected chi connectivity index (χ4v) is 4.75. The normalized spacial score (nSPS) is 15.5. The number of nitriles is 1. The molecule has 10 nitrogen and oxygen atoms in total. The van der Waals surface area contributed by atoms with Crippen molar-refractivity contribution in [3.63, 3.8) is 0 Å². The number of amides is 1. The van der Waals surface area contributed by atoms with Crippen molar-refractivity contribution in [1.82, 2.24) is 19.3 Å². The van der Waals surface area contributed by atoms with Gasteiger partial charge in [0, 0.05) is 44.3 Å². The number of hydrogen-bond acceptors (Lipinski definition) is 8. The zero-order chi connectivity index (χ0) is 25.8. The molecule has 0 radical (unpaired) electrons. The van der Waals surface area contributed by atoms with Gasteiger partial charge in [0.2, 0.25) is 0 Å². The van der Waals surface area contributed by atoms with Gasteiger partial charge in [0.05, 0.1) is 16.8 Å². The van der Waals surface area contributed by atoms with Gasteiger partial charge in [0.1, 0.15) is 11.7 Å². The second-order valence-electron chi connectivity index (χ2n) is 9.77. The molecule has 190 valence electrons. The number of pyridine rings is 1. The van der Waals surface area contributed by atoms with Gasteiger partial charge in [-0.15, -0.1) is 0 Å². The molecule has 11 heteroatoms. The molecule has 1 aliphatic rings. The van der Waals surface area contributed by atoms with E-state index in [1.165, 1.54) is 0 Å². The zero-order valence-electron chi connectivity index (χ0n) is 21.0. The summed E-state index contributed by atoms with van der Waals surface area (Å²) >= 11 is 0. The number of carbonyl (C=O) groups excluding carboxylic acids is 1. The van der Waals surface area contributed by atoms with Crippen LogP contribution in [0.3, 0.4) is 0 Å². The lowest BCUT2D eigenvalue weighted by atomic mass is 10.0. The Balaban J connectivity index is 1.62. The molecule has 0 saturated carbocycles. The summed E-state index contributed by atoms with van der Waals surface area (Å²) in [5.74, 6) is 0. The van der Waals surface area contributed by atoms with E-state index in [1.807, 2.05) is 4.72 Å². The maximum atomic E-state index is 12.1. The standard InChI is InChI=1S/C24H34N6O4S/c1-17-13-20-21(14-18(17)2)26-16-19(15-25)22(20)30-9-6-8-29(11-12-30)10-7-27-35(32,33)28-23(31)34-24(3,4)5/h13-14,16,27H,6-12H2,1-5H3,(H,28,31). The Bertz CT molecular complexity index is 1230. The van der Waals surface area contributed by atoms with E-state index in [4.69, 9.17) is 4.74 Å². The summed E-state index contributed by atoms with van der Waals surface area (Å²) in [5.41, 5.74) is 3.85. The van der Waals surface area contributed by atoms with Crippen molar-refractivity contribution in [1.29, 1.82) is 5.26 Å². The average Bonchev–Trinajstić information content (AvgIpc) is 2.97. The van der Waals surface area contributed by atoms with Crippen LogP contribution in [0.2, 0.25) is 0 Å². The Labute approximate surface area is 207 Å². The molecule has 0 spiro atoms. The first kappa shape index (κ1) is 26.7. The predicted octanol–water partition coefficient (Wildman–Crippen LogP) is 2.59. The fraction of sp³-hybridized carbons (Fsp3) is 0.542. The molecule has 1 aliphatic heterocycles. The van der Waals surface area contributed by atoms with Crippen molar-refractivity contribution >= 4 is 32.9 Å². The maximum Gasteiger partial charge on any atom is 0.422 e. The van der Waals surface area contributed by atoms with Crippen LogP contribution in [0.1, 0.15) is 43.9 Å². The number of ether oxygens (including phenoxy) is 1. The highest BCUT2D eigenvalue weighted by Crippen LogP contribution is 2.32. The Morgan fingerprint density at radius 3 is 2.57 bits per heavy atom. The van der Waals surface area contributed by atoms with Crippen molar-refractivity contribution in [2.24, 2.45) is 0 Å². The van der Waals surface area contributed by atoms with E-state index in [-0.39, 0.29) is 6.54 Å². The molecule has 3 rings (SSSR count). The second kappa shape index (κ2) is 10.8. The highest BCUT2D eigenvalue weighted by molar-refractivity contribution is 7.88. The minimum Gasteiger partial charge on any atom is -0.443 e. The lowest BCUT2D eigenvalue weighted by Gasteiger charge is -2.26. The molecule has 0 atom stereocenters. The Morgan fingerprint density at radius 2 is 1.89 bits per heavy atom. The number of rotatable bonds is 6. The van der Waals surface area contributed by atoms with Gasteiger partial charge < -0.3 is 14.5 Å². The van der Waals surface area contributed by atoms with Crippen molar-refractivity contribution in [2.75, 3.05) is 44.2 Å². The summed E-state index contributed by atoms with van der Waals surface area (Å²) in [6.07, 6.45) is 1.49. The number of carbonyl (C=O) groups is 1. The summed E-state index contributed by atoms with van der Waals surface area (Å²) in [6, 6.07) is 6.44. The molecule has 1 saturated heterocycles. The number of nitrogens with zero attached hydrogens (tertiary/aromatic N) is 4. The average molecular weight is 503 g/mol. The van der Waals surface area contributed by atoms with E-state index in [0.29, 0.717) is 25.2 Å². The lowest BCUT2D eigenvalue weighted by Crippen LogP contribution is -2.45. The van der Waals surface area contributed by atoms with Gasteiger partial charge in [-0.05, 0) is 70.8 Å². The third-order valence-electron chi connectivity index (χ3n) is 5.82. The van der Waals surface area contributed by atoms with Crippen LogP contribution >= 0.6 is 0 Å². The Morgan fingerprint density at radius 1 is 1.17 bits per heavy atom. The molecule has 2 aromatic rings. The Kier molecular flexibility index (Phi) is 8.20. The molecule has 2 heterocycles. The highest BCUT2D eigenvalue weighted by Gasteiger charge is 2.23. The molecule has 0 bridgehead atoms. The smallest absolute Gasteiger partial charge is 0.422 e. The van der Waals surface area contributed by atoms with Gasteiger partial charge in [-0.2, -0.15) is 18.4 Å². The first-order valence-corrected chi connectivity index (χ1v) is 13.1. The number of aromatic nitrogens is 1. The molecule has 1 aromatic carbocycles. The largest absolute Gasteiger partial charge is 0.443 e. The molecule has 2 N–H and O–H groups in total. The van der Waals surface area contributed by atoms with Crippen LogP contribution in [-0.4, -0.2) is 69.3 Å². The minimum absolute atomic E-state index is 0.151. The number of nitrogens with one attached hydrogen (secondary N) is 2. The first-order valence-electron chi connectivity index (χ1n) is 11.7. The number of aryl methyl sites for hydroxylation is 2. The number of hydrogen-bond donors (Lipinski definition) is 2. The van der Waals surface area contributed by atoms with Crippen molar-refractivity contribution < 1.29 is 17.9 Å². The summed E-state index contributed by atoms with van der Waals surface area (Å²) in [5, 5.41) is 10.7. The van der Waals surface area contributed by atoms with Crippen LogP contribution in [-0.2, 0) is 14.9 Å².